The van der Waals surface area contributed by atoms with E-state index in [9.17, 15) is 14.4 Å². The third-order valence-corrected chi connectivity index (χ3v) is 4.51. The summed E-state index contributed by atoms with van der Waals surface area (Å²) in [6, 6.07) is 4.03. The van der Waals surface area contributed by atoms with Crippen molar-refractivity contribution < 1.29 is 19.1 Å². The lowest BCUT2D eigenvalue weighted by molar-refractivity contribution is -0.139. The molecule has 2 aromatic heterocycles. The highest BCUT2D eigenvalue weighted by Crippen LogP contribution is 2.29. The maximum atomic E-state index is 12.4. The molecule has 4 rings (SSSR count). The second-order valence-corrected chi connectivity index (χ2v) is 6.42. The number of hydrogen-bond acceptors (Lipinski definition) is 9. The lowest BCUT2D eigenvalue weighted by Crippen LogP contribution is -2.33. The zero-order valence-corrected chi connectivity index (χ0v) is 15.5. The van der Waals surface area contributed by atoms with Crippen molar-refractivity contribution in [3.05, 3.63) is 34.1 Å². The normalized spacial score (nSPS) is 16.1. The first-order valence-corrected chi connectivity index (χ1v) is 9.14. The summed E-state index contributed by atoms with van der Waals surface area (Å²) in [7, 11) is 0. The van der Waals surface area contributed by atoms with Gasteiger partial charge in [0.2, 0.25) is 0 Å². The van der Waals surface area contributed by atoms with Crippen LogP contribution in [0.2, 0.25) is 0 Å². The van der Waals surface area contributed by atoms with Crippen molar-refractivity contribution in [1.29, 1.82) is 0 Å². The van der Waals surface area contributed by atoms with E-state index < -0.39 is 23.5 Å². The predicted molar refractivity (Wildman–Crippen MR) is 100 cm³/mol. The van der Waals surface area contributed by atoms with Crippen LogP contribution in [0.1, 0.15) is 30.1 Å². The molecular weight excluding hydrogens is 380 g/mol. The van der Waals surface area contributed by atoms with E-state index in [1.807, 2.05) is 0 Å². The Kier molecular flexibility index (Phi) is 5.04. The van der Waals surface area contributed by atoms with Gasteiger partial charge in [0, 0.05) is 0 Å². The van der Waals surface area contributed by atoms with E-state index in [1.165, 1.54) is 12.1 Å². The van der Waals surface area contributed by atoms with Crippen LogP contribution in [0.15, 0.2) is 23.0 Å². The Morgan fingerprint density at radius 1 is 1.31 bits per heavy atom. The number of nitrogens with zero attached hydrogens (tertiary/aromatic N) is 3. The topological polar surface area (TPSA) is 152 Å². The smallest absolute Gasteiger partial charge is 0.345 e. The van der Waals surface area contributed by atoms with Crippen molar-refractivity contribution in [2.45, 2.75) is 25.8 Å². The molecule has 3 aromatic rings. The number of carbonyl (C=O) groups excluding carboxylic acids is 2. The number of carbonyl (C=O) groups is 2. The predicted octanol–water partition coefficient (Wildman–Crippen LogP) is 0.542. The quantitative estimate of drug-likeness (QED) is 0.413. The van der Waals surface area contributed by atoms with Gasteiger partial charge in [-0.15, -0.1) is 5.10 Å². The first-order valence-electron chi connectivity index (χ1n) is 9.14. The Hall–Kier alpha value is -3.60. The number of aromatic nitrogens is 5. The number of aromatic amines is 2. The van der Waals surface area contributed by atoms with Crippen LogP contribution in [0.25, 0.3) is 22.6 Å². The number of ether oxygens (including phenoxy) is 2. The number of fused-ring (bicyclic) bond motifs is 1. The van der Waals surface area contributed by atoms with Gasteiger partial charge in [0.05, 0.1) is 17.7 Å². The van der Waals surface area contributed by atoms with Crippen molar-refractivity contribution in [2.24, 2.45) is 0 Å². The summed E-state index contributed by atoms with van der Waals surface area (Å²) in [5, 5.41) is 12.8. The lowest BCUT2D eigenvalue weighted by Gasteiger charge is -2.12. The van der Waals surface area contributed by atoms with Gasteiger partial charge in [-0.25, -0.2) is 19.7 Å². The molecule has 1 aliphatic heterocycles. The molecule has 0 radical (unpaired) electrons. The van der Waals surface area contributed by atoms with Crippen molar-refractivity contribution >= 4 is 23.1 Å². The molecule has 3 N–H and O–H groups in total. The van der Waals surface area contributed by atoms with Gasteiger partial charge in [-0.2, -0.15) is 0 Å². The van der Waals surface area contributed by atoms with Gasteiger partial charge in [-0.1, -0.05) is 5.21 Å². The fourth-order valence-electron chi connectivity index (χ4n) is 3.11. The second kappa shape index (κ2) is 7.80. The highest BCUT2D eigenvalue weighted by Gasteiger charge is 2.26. The summed E-state index contributed by atoms with van der Waals surface area (Å²) in [6.45, 7) is 2.81. The Morgan fingerprint density at radius 3 is 2.93 bits per heavy atom. The van der Waals surface area contributed by atoms with Gasteiger partial charge < -0.3 is 19.8 Å². The van der Waals surface area contributed by atoms with Gasteiger partial charge in [0.15, 0.2) is 11.2 Å². The van der Waals surface area contributed by atoms with E-state index in [-0.39, 0.29) is 22.6 Å². The molecule has 11 nitrogen and oxygen atoms in total. The number of H-pyrrole nitrogens is 2. The molecule has 0 spiro atoms. The number of nitrogens with one attached hydrogen (secondary N) is 3. The van der Waals surface area contributed by atoms with Crippen molar-refractivity contribution in [1.82, 2.24) is 30.7 Å². The number of esters is 2. The first kappa shape index (κ1) is 18.7. The van der Waals surface area contributed by atoms with E-state index >= 15 is 0 Å². The van der Waals surface area contributed by atoms with E-state index in [1.54, 1.807) is 13.0 Å². The Balaban J connectivity index is 1.64. The van der Waals surface area contributed by atoms with E-state index in [0.29, 0.717) is 24.3 Å². The minimum atomic E-state index is -0.772. The van der Waals surface area contributed by atoms with Crippen molar-refractivity contribution in [3.63, 3.8) is 0 Å². The highest BCUT2D eigenvalue weighted by atomic mass is 16.6. The molecule has 1 aromatic carbocycles. The van der Waals surface area contributed by atoms with Crippen molar-refractivity contribution in [2.75, 3.05) is 13.2 Å². The molecule has 0 bridgehead atoms. The lowest BCUT2D eigenvalue weighted by atomic mass is 10.1. The van der Waals surface area contributed by atoms with Crippen LogP contribution >= 0.6 is 0 Å². The van der Waals surface area contributed by atoms with Gasteiger partial charge in [-0.3, -0.25) is 4.79 Å². The van der Waals surface area contributed by atoms with Gasteiger partial charge in [0.25, 0.3) is 5.56 Å². The zero-order chi connectivity index (χ0) is 20.4. The van der Waals surface area contributed by atoms with Gasteiger partial charge in [0.1, 0.15) is 17.6 Å². The SMILES string of the molecule is CCOc1cc(C(=O)OC(=O)[C@@H]2CCCN2)ccc1-c1nc2[nH]nnc2c(=O)[nH]1. The summed E-state index contributed by atoms with van der Waals surface area (Å²) in [6.07, 6.45) is 1.50. The Labute approximate surface area is 163 Å². The summed E-state index contributed by atoms with van der Waals surface area (Å²) >= 11 is 0. The Morgan fingerprint density at radius 2 is 2.17 bits per heavy atom. The molecule has 3 heterocycles. The standard InChI is InChI=1S/C18H18N6O5/c1-2-28-12-8-9(17(26)29-18(27)11-4-3-7-19-11)5-6-10(12)14-20-15-13(16(25)21-14)22-24-23-15/h5-6,8,11,19H,2-4,7H2,1H3,(H2,20,21,22,23,24,25)/t11-/m0/s1. The molecule has 29 heavy (non-hydrogen) atoms. The zero-order valence-electron chi connectivity index (χ0n) is 15.5. The summed E-state index contributed by atoms with van der Waals surface area (Å²) < 4.78 is 10.6. The molecule has 0 aliphatic carbocycles. The van der Waals surface area contributed by atoms with Crippen LogP contribution in [0.4, 0.5) is 0 Å². The van der Waals surface area contributed by atoms with Crippen LogP contribution in [0.3, 0.4) is 0 Å². The molecule has 1 fully saturated rings. The minimum Gasteiger partial charge on any atom is -0.493 e. The molecule has 150 valence electrons. The van der Waals surface area contributed by atoms with E-state index in [4.69, 9.17) is 9.47 Å². The van der Waals surface area contributed by atoms with Crippen LogP contribution in [0, 0.1) is 0 Å². The molecule has 0 unspecified atom stereocenters. The first-order chi connectivity index (χ1) is 14.1. The van der Waals surface area contributed by atoms with Crippen LogP contribution in [0.5, 0.6) is 5.75 Å². The second-order valence-electron chi connectivity index (χ2n) is 6.42. The monoisotopic (exact) mass is 398 g/mol. The highest BCUT2D eigenvalue weighted by molar-refractivity contribution is 5.99. The van der Waals surface area contributed by atoms with Crippen LogP contribution in [-0.4, -0.2) is 56.5 Å². The maximum Gasteiger partial charge on any atom is 0.345 e. The molecule has 1 saturated heterocycles. The molecular formula is C18H18N6O5. The average Bonchev–Trinajstić information content (AvgIpc) is 3.40. The summed E-state index contributed by atoms with van der Waals surface area (Å²) in [5.41, 5.74) is 0.464. The largest absolute Gasteiger partial charge is 0.493 e. The fraction of sp³-hybridized carbons (Fsp3) is 0.333. The molecule has 11 heteroatoms. The van der Waals surface area contributed by atoms with Crippen LogP contribution < -0.4 is 15.6 Å². The van der Waals surface area contributed by atoms with Crippen LogP contribution in [-0.2, 0) is 9.53 Å². The molecule has 0 amide bonds. The fourth-order valence-corrected chi connectivity index (χ4v) is 3.11. The number of rotatable bonds is 5. The van der Waals surface area contributed by atoms with Gasteiger partial charge >= 0.3 is 11.9 Å². The Bertz CT molecular complexity index is 1130. The van der Waals surface area contributed by atoms with Gasteiger partial charge in [-0.05, 0) is 44.5 Å². The third kappa shape index (κ3) is 3.72. The summed E-state index contributed by atoms with van der Waals surface area (Å²) in [5.74, 6) is -0.838. The number of hydrogen-bond donors (Lipinski definition) is 3. The minimum absolute atomic E-state index is 0.0888. The number of benzene rings is 1. The van der Waals surface area contributed by atoms with Crippen molar-refractivity contribution in [3.8, 4) is 17.1 Å². The average molecular weight is 398 g/mol. The van der Waals surface area contributed by atoms with E-state index in [0.717, 1.165) is 13.0 Å². The molecule has 0 saturated carbocycles. The molecule has 1 atom stereocenters. The summed E-state index contributed by atoms with van der Waals surface area (Å²) in [4.78, 5) is 43.5. The maximum absolute atomic E-state index is 12.4. The van der Waals surface area contributed by atoms with E-state index in [2.05, 4.69) is 30.7 Å². The molecule has 1 aliphatic rings. The third-order valence-electron chi connectivity index (χ3n) is 4.51.